The van der Waals surface area contributed by atoms with E-state index in [1.165, 1.54) is 11.1 Å². The number of rotatable bonds is 2. The van der Waals surface area contributed by atoms with Gasteiger partial charge in [0.05, 0.1) is 13.2 Å². The van der Waals surface area contributed by atoms with Gasteiger partial charge in [-0.25, -0.2) is 9.97 Å². The van der Waals surface area contributed by atoms with Crippen LogP contribution in [0.1, 0.15) is 16.8 Å². The summed E-state index contributed by atoms with van der Waals surface area (Å²) in [6.45, 7) is 5.17. The van der Waals surface area contributed by atoms with E-state index in [1.54, 1.807) is 6.33 Å². The largest absolute Gasteiger partial charge is 0.365 e. The SMILES string of the molecule is Cc1cc(N2CCOC(C(=O)N3CCc4ccccc4C3)C2)ncn1. The molecule has 4 rings (SSSR count). The summed E-state index contributed by atoms with van der Waals surface area (Å²) in [5, 5.41) is 0. The quantitative estimate of drug-likeness (QED) is 0.832. The number of hydrogen-bond donors (Lipinski definition) is 0. The Morgan fingerprint density at radius 1 is 1.20 bits per heavy atom. The summed E-state index contributed by atoms with van der Waals surface area (Å²) in [7, 11) is 0. The van der Waals surface area contributed by atoms with Gasteiger partial charge in [-0.05, 0) is 24.5 Å². The number of anilines is 1. The molecule has 130 valence electrons. The van der Waals surface area contributed by atoms with E-state index in [0.717, 1.165) is 31.0 Å². The average molecular weight is 338 g/mol. The van der Waals surface area contributed by atoms with Gasteiger partial charge >= 0.3 is 0 Å². The van der Waals surface area contributed by atoms with E-state index in [0.29, 0.717) is 19.7 Å². The fourth-order valence-corrected chi connectivity index (χ4v) is 3.51. The number of fused-ring (bicyclic) bond motifs is 1. The Hall–Kier alpha value is -2.47. The van der Waals surface area contributed by atoms with Crippen LogP contribution < -0.4 is 4.90 Å². The van der Waals surface area contributed by atoms with Crippen molar-refractivity contribution in [3.8, 4) is 0 Å². The van der Waals surface area contributed by atoms with Gasteiger partial charge in [-0.3, -0.25) is 4.79 Å². The first-order valence-corrected chi connectivity index (χ1v) is 8.71. The molecule has 2 aliphatic rings. The average Bonchev–Trinajstić information content (AvgIpc) is 2.67. The van der Waals surface area contributed by atoms with Crippen molar-refractivity contribution < 1.29 is 9.53 Å². The highest BCUT2D eigenvalue weighted by Gasteiger charge is 2.32. The van der Waals surface area contributed by atoms with Crippen molar-refractivity contribution >= 4 is 11.7 Å². The zero-order chi connectivity index (χ0) is 17.2. The fraction of sp³-hybridized carbons (Fsp3) is 0.421. The number of carbonyl (C=O) groups is 1. The molecule has 1 saturated heterocycles. The summed E-state index contributed by atoms with van der Waals surface area (Å²) >= 11 is 0. The van der Waals surface area contributed by atoms with Crippen LogP contribution in [0.3, 0.4) is 0 Å². The van der Waals surface area contributed by atoms with Crippen LogP contribution in [-0.4, -0.2) is 53.1 Å². The molecule has 0 radical (unpaired) electrons. The van der Waals surface area contributed by atoms with Crippen molar-refractivity contribution in [2.24, 2.45) is 0 Å². The third kappa shape index (κ3) is 3.35. The van der Waals surface area contributed by atoms with Crippen molar-refractivity contribution in [3.05, 3.63) is 53.5 Å². The van der Waals surface area contributed by atoms with E-state index in [2.05, 4.69) is 33.1 Å². The van der Waals surface area contributed by atoms with E-state index in [9.17, 15) is 4.79 Å². The number of aromatic nitrogens is 2. The predicted molar refractivity (Wildman–Crippen MR) is 94.3 cm³/mol. The Morgan fingerprint density at radius 3 is 2.88 bits per heavy atom. The van der Waals surface area contributed by atoms with Crippen LogP contribution >= 0.6 is 0 Å². The minimum atomic E-state index is -0.436. The first-order chi connectivity index (χ1) is 12.2. The summed E-state index contributed by atoms with van der Waals surface area (Å²) in [5.41, 5.74) is 3.50. The molecule has 0 N–H and O–H groups in total. The number of carbonyl (C=O) groups excluding carboxylic acids is 1. The number of nitrogens with zero attached hydrogens (tertiary/aromatic N) is 4. The van der Waals surface area contributed by atoms with Crippen LogP contribution in [0.15, 0.2) is 36.7 Å². The maximum absolute atomic E-state index is 12.9. The summed E-state index contributed by atoms with van der Waals surface area (Å²) in [6, 6.07) is 10.3. The normalized spacial score (nSPS) is 20.3. The predicted octanol–water partition coefficient (Wildman–Crippen LogP) is 1.58. The molecule has 0 saturated carbocycles. The number of aryl methyl sites for hydroxylation is 1. The number of hydrogen-bond acceptors (Lipinski definition) is 5. The highest BCUT2D eigenvalue weighted by atomic mass is 16.5. The number of benzene rings is 1. The third-order valence-electron chi connectivity index (χ3n) is 4.90. The van der Waals surface area contributed by atoms with E-state index in [1.807, 2.05) is 24.0 Å². The molecule has 0 aliphatic carbocycles. The minimum absolute atomic E-state index is 0.0741. The molecule has 0 bridgehead atoms. The summed E-state index contributed by atoms with van der Waals surface area (Å²) in [5.74, 6) is 0.933. The van der Waals surface area contributed by atoms with Gasteiger partial charge in [0.1, 0.15) is 12.1 Å². The monoisotopic (exact) mass is 338 g/mol. The number of amides is 1. The smallest absolute Gasteiger partial charge is 0.253 e. The fourth-order valence-electron chi connectivity index (χ4n) is 3.51. The van der Waals surface area contributed by atoms with Crippen molar-refractivity contribution in [2.45, 2.75) is 26.0 Å². The van der Waals surface area contributed by atoms with Gasteiger partial charge in [0.25, 0.3) is 5.91 Å². The van der Waals surface area contributed by atoms with Gasteiger partial charge in [-0.2, -0.15) is 0 Å². The molecule has 3 heterocycles. The zero-order valence-electron chi connectivity index (χ0n) is 14.4. The van der Waals surface area contributed by atoms with Gasteiger partial charge < -0.3 is 14.5 Å². The molecular formula is C19H22N4O2. The maximum Gasteiger partial charge on any atom is 0.253 e. The Kier molecular flexibility index (Phi) is 4.36. The summed E-state index contributed by atoms with van der Waals surface area (Å²) < 4.78 is 5.79. The molecule has 2 aliphatic heterocycles. The second-order valence-electron chi connectivity index (χ2n) is 6.60. The Bertz CT molecular complexity index is 780. The molecule has 1 atom stereocenters. The molecule has 2 aromatic rings. The van der Waals surface area contributed by atoms with Crippen LogP contribution in [0, 0.1) is 6.92 Å². The maximum atomic E-state index is 12.9. The number of ether oxygens (including phenoxy) is 1. The highest BCUT2D eigenvalue weighted by Crippen LogP contribution is 2.21. The van der Waals surface area contributed by atoms with Gasteiger partial charge in [-0.1, -0.05) is 24.3 Å². The van der Waals surface area contributed by atoms with Crippen molar-refractivity contribution in [3.63, 3.8) is 0 Å². The minimum Gasteiger partial charge on any atom is -0.365 e. The second kappa shape index (κ2) is 6.80. The van der Waals surface area contributed by atoms with Gasteiger partial charge in [0.2, 0.25) is 0 Å². The first kappa shape index (κ1) is 16.0. The molecule has 6 nitrogen and oxygen atoms in total. The lowest BCUT2D eigenvalue weighted by Gasteiger charge is -2.37. The van der Waals surface area contributed by atoms with E-state index in [4.69, 9.17) is 4.74 Å². The van der Waals surface area contributed by atoms with Crippen LogP contribution in [0.25, 0.3) is 0 Å². The molecule has 25 heavy (non-hydrogen) atoms. The lowest BCUT2D eigenvalue weighted by molar-refractivity contribution is -0.145. The molecule has 1 fully saturated rings. The van der Waals surface area contributed by atoms with Crippen molar-refractivity contribution in [1.82, 2.24) is 14.9 Å². The van der Waals surface area contributed by atoms with Gasteiger partial charge in [0, 0.05) is 31.4 Å². The van der Waals surface area contributed by atoms with Crippen LogP contribution in [0.5, 0.6) is 0 Å². The Balaban J connectivity index is 1.45. The van der Waals surface area contributed by atoms with Crippen LogP contribution in [0.2, 0.25) is 0 Å². The molecule has 1 unspecified atom stereocenters. The molecule has 6 heteroatoms. The first-order valence-electron chi connectivity index (χ1n) is 8.71. The Morgan fingerprint density at radius 2 is 2.04 bits per heavy atom. The molecule has 1 aromatic heterocycles. The third-order valence-corrected chi connectivity index (χ3v) is 4.90. The summed E-state index contributed by atoms with van der Waals surface area (Å²) in [6.07, 6.45) is 2.04. The van der Waals surface area contributed by atoms with Gasteiger partial charge in [-0.15, -0.1) is 0 Å². The highest BCUT2D eigenvalue weighted by molar-refractivity contribution is 5.82. The van der Waals surface area contributed by atoms with Crippen LogP contribution in [0.4, 0.5) is 5.82 Å². The van der Waals surface area contributed by atoms with Crippen LogP contribution in [-0.2, 0) is 22.5 Å². The molecule has 1 amide bonds. The van der Waals surface area contributed by atoms with Gasteiger partial charge in [0.15, 0.2) is 6.10 Å². The van der Waals surface area contributed by atoms with Crippen molar-refractivity contribution in [1.29, 1.82) is 0 Å². The molecule has 0 spiro atoms. The lowest BCUT2D eigenvalue weighted by atomic mass is 9.99. The zero-order valence-corrected chi connectivity index (χ0v) is 14.4. The second-order valence-corrected chi connectivity index (χ2v) is 6.60. The Labute approximate surface area is 147 Å². The molecular weight excluding hydrogens is 316 g/mol. The summed E-state index contributed by atoms with van der Waals surface area (Å²) in [4.78, 5) is 25.4. The van der Waals surface area contributed by atoms with Crippen molar-refractivity contribution in [2.75, 3.05) is 31.1 Å². The lowest BCUT2D eigenvalue weighted by Crippen LogP contribution is -2.52. The standard InChI is InChI=1S/C19H22N4O2/c1-14-10-18(21-13-20-14)22-8-9-25-17(12-22)19(24)23-7-6-15-4-2-3-5-16(15)11-23/h2-5,10,13,17H,6-9,11-12H2,1H3. The topological polar surface area (TPSA) is 58.6 Å². The molecule has 1 aromatic carbocycles. The number of morpholine rings is 1. The van der Waals surface area contributed by atoms with E-state index in [-0.39, 0.29) is 5.91 Å². The van der Waals surface area contributed by atoms with E-state index >= 15 is 0 Å². The van der Waals surface area contributed by atoms with E-state index < -0.39 is 6.10 Å².